The summed E-state index contributed by atoms with van der Waals surface area (Å²) in [4.78, 5) is 33.0. The van der Waals surface area contributed by atoms with Crippen molar-refractivity contribution in [1.82, 2.24) is 9.88 Å². The van der Waals surface area contributed by atoms with Crippen LogP contribution in [0.3, 0.4) is 0 Å². The maximum Gasteiger partial charge on any atom is 0.339 e. The van der Waals surface area contributed by atoms with E-state index in [9.17, 15) is 14.7 Å². The molecule has 0 amide bonds. The molecule has 1 spiro atoms. The van der Waals surface area contributed by atoms with Gasteiger partial charge in [-0.05, 0) is 31.9 Å². The highest BCUT2D eigenvalue weighted by Gasteiger charge is 2.51. The van der Waals surface area contributed by atoms with Crippen molar-refractivity contribution in [2.24, 2.45) is 5.41 Å². The van der Waals surface area contributed by atoms with Crippen LogP contribution in [0.2, 0.25) is 0 Å². The number of aromatic nitrogens is 1. The van der Waals surface area contributed by atoms with Gasteiger partial charge in [-0.2, -0.15) is 0 Å². The lowest BCUT2D eigenvalue weighted by Gasteiger charge is -2.37. The van der Waals surface area contributed by atoms with Crippen molar-refractivity contribution in [2.45, 2.75) is 32.3 Å². The van der Waals surface area contributed by atoms with Crippen LogP contribution in [-0.4, -0.2) is 79.0 Å². The normalized spacial score (nSPS) is 25.1. The molecule has 3 saturated heterocycles. The average Bonchev–Trinajstić information content (AvgIpc) is 2.97. The summed E-state index contributed by atoms with van der Waals surface area (Å²) in [5, 5.41) is 9.47. The van der Waals surface area contributed by atoms with E-state index in [1.54, 1.807) is 12.1 Å². The summed E-state index contributed by atoms with van der Waals surface area (Å²) < 4.78 is 11.1. The largest absolute Gasteiger partial charge is 0.478 e. The number of nitrogens with zero attached hydrogens (tertiary/aromatic N) is 3. The van der Waals surface area contributed by atoms with Crippen molar-refractivity contribution in [3.05, 3.63) is 23.4 Å². The van der Waals surface area contributed by atoms with Crippen molar-refractivity contribution in [3.8, 4) is 0 Å². The first-order valence-electron chi connectivity index (χ1n) is 9.94. The number of hydrogen-bond donors (Lipinski definition) is 1. The number of rotatable bonds is 4. The van der Waals surface area contributed by atoms with Crippen LogP contribution in [0.25, 0.3) is 0 Å². The number of esters is 1. The predicted molar refractivity (Wildman–Crippen MR) is 102 cm³/mol. The molecule has 3 aliphatic heterocycles. The second kappa shape index (κ2) is 7.67. The Balaban J connectivity index is 1.41. The summed E-state index contributed by atoms with van der Waals surface area (Å²) in [6, 6.07) is 3.32. The Labute approximate surface area is 164 Å². The predicted octanol–water partition coefficient (Wildman–Crippen LogP) is 1.32. The van der Waals surface area contributed by atoms with E-state index in [-0.39, 0.29) is 17.6 Å². The Kier molecular flexibility index (Phi) is 5.25. The topological polar surface area (TPSA) is 92.2 Å². The minimum Gasteiger partial charge on any atom is -0.478 e. The molecule has 1 aromatic heterocycles. The van der Waals surface area contributed by atoms with E-state index in [2.05, 4.69) is 9.88 Å². The molecule has 4 heterocycles. The number of carbonyl (C=O) groups is 2. The van der Waals surface area contributed by atoms with Crippen molar-refractivity contribution in [1.29, 1.82) is 0 Å². The highest BCUT2D eigenvalue weighted by molar-refractivity contribution is 5.93. The van der Waals surface area contributed by atoms with Crippen LogP contribution < -0.4 is 4.90 Å². The Morgan fingerprint density at radius 2 is 1.96 bits per heavy atom. The van der Waals surface area contributed by atoms with Gasteiger partial charge in [0.2, 0.25) is 0 Å². The van der Waals surface area contributed by atoms with E-state index in [0.717, 1.165) is 45.0 Å². The number of carboxylic acid groups (broad SMARTS) is 1. The summed E-state index contributed by atoms with van der Waals surface area (Å²) in [6.45, 7) is 7.06. The Morgan fingerprint density at radius 3 is 2.64 bits per heavy atom. The molecule has 0 bridgehead atoms. The molecule has 1 unspecified atom stereocenters. The fourth-order valence-corrected chi connectivity index (χ4v) is 4.52. The van der Waals surface area contributed by atoms with Gasteiger partial charge in [-0.15, -0.1) is 0 Å². The molecule has 1 N–H and O–H groups in total. The third kappa shape index (κ3) is 3.71. The highest BCUT2D eigenvalue weighted by atomic mass is 16.6. The second-order valence-corrected chi connectivity index (χ2v) is 8.04. The molecule has 8 heteroatoms. The molecular formula is C20H27N3O5. The van der Waals surface area contributed by atoms with Gasteiger partial charge >= 0.3 is 11.9 Å². The van der Waals surface area contributed by atoms with Gasteiger partial charge in [0.25, 0.3) is 0 Å². The van der Waals surface area contributed by atoms with Gasteiger partial charge in [0, 0.05) is 44.8 Å². The van der Waals surface area contributed by atoms with E-state index in [0.29, 0.717) is 31.7 Å². The van der Waals surface area contributed by atoms with Crippen molar-refractivity contribution in [2.75, 3.05) is 50.8 Å². The maximum atomic E-state index is 12.7. The van der Waals surface area contributed by atoms with Crippen molar-refractivity contribution >= 4 is 17.8 Å². The number of anilines is 1. The Bertz CT molecular complexity index is 754. The zero-order valence-electron chi connectivity index (χ0n) is 16.2. The third-order valence-electron chi connectivity index (χ3n) is 6.16. The van der Waals surface area contributed by atoms with Crippen molar-refractivity contribution < 1.29 is 24.2 Å². The molecule has 3 fully saturated rings. The SMILES string of the molecule is Cc1ccc(C(=O)O)c(N2CCC3(CC2)CC(CN2CCOCC2)OC3=O)n1. The number of aromatic carboxylic acids is 1. The van der Waals surface area contributed by atoms with Gasteiger partial charge in [-0.1, -0.05) is 0 Å². The molecule has 1 atom stereocenters. The molecule has 0 aromatic carbocycles. The zero-order valence-corrected chi connectivity index (χ0v) is 16.2. The number of morpholine rings is 1. The molecule has 0 radical (unpaired) electrons. The smallest absolute Gasteiger partial charge is 0.339 e. The first-order chi connectivity index (χ1) is 13.5. The van der Waals surface area contributed by atoms with Crippen LogP contribution in [0, 0.1) is 12.3 Å². The quantitative estimate of drug-likeness (QED) is 0.771. The monoisotopic (exact) mass is 389 g/mol. The number of aryl methyl sites for hydroxylation is 1. The van der Waals surface area contributed by atoms with Gasteiger partial charge in [0.05, 0.1) is 18.6 Å². The van der Waals surface area contributed by atoms with Crippen LogP contribution >= 0.6 is 0 Å². The lowest BCUT2D eigenvalue weighted by Crippen LogP contribution is -2.44. The third-order valence-corrected chi connectivity index (χ3v) is 6.16. The summed E-state index contributed by atoms with van der Waals surface area (Å²) >= 11 is 0. The van der Waals surface area contributed by atoms with E-state index in [1.807, 2.05) is 11.8 Å². The minimum atomic E-state index is -0.978. The van der Waals surface area contributed by atoms with Crippen molar-refractivity contribution in [3.63, 3.8) is 0 Å². The second-order valence-electron chi connectivity index (χ2n) is 8.04. The maximum absolute atomic E-state index is 12.7. The number of hydrogen-bond acceptors (Lipinski definition) is 7. The number of carboxylic acids is 1. The Hall–Kier alpha value is -2.19. The van der Waals surface area contributed by atoms with Crippen LogP contribution in [0.5, 0.6) is 0 Å². The number of cyclic esters (lactones) is 1. The van der Waals surface area contributed by atoms with E-state index in [1.165, 1.54) is 0 Å². The van der Waals surface area contributed by atoms with Crippen LogP contribution in [0.15, 0.2) is 12.1 Å². The molecule has 4 rings (SSSR count). The zero-order chi connectivity index (χ0) is 19.7. The van der Waals surface area contributed by atoms with Gasteiger partial charge in [-0.3, -0.25) is 9.69 Å². The first-order valence-corrected chi connectivity index (χ1v) is 9.94. The molecule has 0 saturated carbocycles. The fourth-order valence-electron chi connectivity index (χ4n) is 4.52. The molecule has 8 nitrogen and oxygen atoms in total. The minimum absolute atomic E-state index is 0.0659. The summed E-state index contributed by atoms with van der Waals surface area (Å²) in [6.07, 6.45) is 2.01. The first kappa shape index (κ1) is 19.1. The highest BCUT2D eigenvalue weighted by Crippen LogP contribution is 2.44. The van der Waals surface area contributed by atoms with E-state index >= 15 is 0 Å². The van der Waals surface area contributed by atoms with Crippen LogP contribution in [0.4, 0.5) is 5.82 Å². The number of pyridine rings is 1. The average molecular weight is 389 g/mol. The summed E-state index contributed by atoms with van der Waals surface area (Å²) in [5.74, 6) is -0.576. The number of ether oxygens (including phenoxy) is 2. The van der Waals surface area contributed by atoms with E-state index < -0.39 is 11.4 Å². The van der Waals surface area contributed by atoms with Gasteiger partial charge in [-0.25, -0.2) is 9.78 Å². The lowest BCUT2D eigenvalue weighted by atomic mass is 9.76. The molecule has 3 aliphatic rings. The molecular weight excluding hydrogens is 362 g/mol. The summed E-state index contributed by atoms with van der Waals surface area (Å²) in [5.41, 5.74) is 0.549. The number of piperidine rings is 1. The van der Waals surface area contributed by atoms with Gasteiger partial charge in [0.15, 0.2) is 0 Å². The fraction of sp³-hybridized carbons (Fsp3) is 0.650. The van der Waals surface area contributed by atoms with Gasteiger partial charge in [0.1, 0.15) is 17.5 Å². The van der Waals surface area contributed by atoms with Gasteiger partial charge < -0.3 is 19.5 Å². The Morgan fingerprint density at radius 1 is 1.25 bits per heavy atom. The molecule has 0 aliphatic carbocycles. The summed E-state index contributed by atoms with van der Waals surface area (Å²) in [7, 11) is 0. The van der Waals surface area contributed by atoms with Crippen LogP contribution in [0.1, 0.15) is 35.3 Å². The standard InChI is InChI=1S/C20H27N3O5/c1-14-2-3-16(18(24)25)17(21-14)23-6-4-20(5-7-23)12-15(28-19(20)26)13-22-8-10-27-11-9-22/h2-3,15H,4-13H2,1H3,(H,24,25). The molecule has 152 valence electrons. The molecule has 28 heavy (non-hydrogen) atoms. The number of carbonyl (C=O) groups excluding carboxylic acids is 1. The molecule has 1 aromatic rings. The lowest BCUT2D eigenvalue weighted by molar-refractivity contribution is -0.150. The van der Waals surface area contributed by atoms with E-state index in [4.69, 9.17) is 9.47 Å². The van der Waals surface area contributed by atoms with Crippen LogP contribution in [-0.2, 0) is 14.3 Å².